The van der Waals surface area contributed by atoms with Crippen molar-refractivity contribution in [2.45, 2.75) is 25.7 Å². The van der Waals surface area contributed by atoms with Crippen molar-refractivity contribution >= 4 is 28.4 Å². The van der Waals surface area contributed by atoms with E-state index in [-0.39, 0.29) is 0 Å². The van der Waals surface area contributed by atoms with Gasteiger partial charge in [0.25, 0.3) is 0 Å². The normalized spacial score (nSPS) is 10.8. The van der Waals surface area contributed by atoms with Gasteiger partial charge in [-0.25, -0.2) is 0 Å². The number of thioether (sulfide) groups is 1. The molecule has 19 heavy (non-hydrogen) atoms. The molecule has 0 radical (unpaired) electrons. The van der Waals surface area contributed by atoms with Crippen LogP contribution in [0.4, 0.5) is 5.69 Å². The van der Waals surface area contributed by atoms with Crippen LogP contribution in [0.2, 0.25) is 0 Å². The second-order valence-corrected chi connectivity index (χ2v) is 5.59. The number of fused-ring (bicyclic) bond motifs is 1. The number of hydrogen-bond donors (Lipinski definition) is 1. The number of aromatic nitrogens is 2. The zero-order valence-corrected chi connectivity index (χ0v) is 12.2. The fourth-order valence-corrected chi connectivity index (χ4v) is 2.59. The summed E-state index contributed by atoms with van der Waals surface area (Å²) in [5.74, 6) is 1.28. The van der Waals surface area contributed by atoms with Crippen molar-refractivity contribution in [1.82, 2.24) is 10.2 Å². The molecule has 0 aliphatic carbocycles. The highest BCUT2D eigenvalue weighted by Gasteiger charge is 2.00. The molecular weight excluding hydrogens is 254 g/mol. The Morgan fingerprint density at radius 3 is 2.84 bits per heavy atom. The summed E-state index contributed by atoms with van der Waals surface area (Å²) in [5.41, 5.74) is 2.04. The molecule has 0 atom stereocenters. The Morgan fingerprint density at radius 2 is 1.95 bits per heavy atom. The lowest BCUT2D eigenvalue weighted by molar-refractivity contribution is 0.689. The molecule has 4 heteroatoms. The van der Waals surface area contributed by atoms with Crippen molar-refractivity contribution < 1.29 is 0 Å². The lowest BCUT2D eigenvalue weighted by Gasteiger charge is -2.08. The molecule has 3 nitrogen and oxygen atoms in total. The van der Waals surface area contributed by atoms with Crippen LogP contribution >= 0.6 is 11.8 Å². The van der Waals surface area contributed by atoms with E-state index in [1.165, 1.54) is 31.4 Å². The molecule has 0 fully saturated rings. The Labute approximate surface area is 119 Å². The van der Waals surface area contributed by atoms with Gasteiger partial charge in [-0.15, -0.1) is 0 Å². The van der Waals surface area contributed by atoms with Gasteiger partial charge in [-0.3, -0.25) is 0 Å². The molecule has 0 spiro atoms. The summed E-state index contributed by atoms with van der Waals surface area (Å²) < 4.78 is 0. The van der Waals surface area contributed by atoms with E-state index in [1.54, 1.807) is 0 Å². The van der Waals surface area contributed by atoms with Crippen molar-refractivity contribution in [3.05, 3.63) is 30.5 Å². The van der Waals surface area contributed by atoms with Gasteiger partial charge >= 0.3 is 0 Å². The smallest absolute Gasteiger partial charge is 0.0950 e. The number of anilines is 1. The summed E-state index contributed by atoms with van der Waals surface area (Å²) in [4.78, 5) is 0. The van der Waals surface area contributed by atoms with Gasteiger partial charge in [0.1, 0.15) is 0 Å². The number of benzene rings is 1. The minimum atomic E-state index is 0.951. The summed E-state index contributed by atoms with van der Waals surface area (Å²) >= 11 is 1.93. The first-order valence-electron chi connectivity index (χ1n) is 6.85. The van der Waals surface area contributed by atoms with Gasteiger partial charge in [0.2, 0.25) is 0 Å². The van der Waals surface area contributed by atoms with E-state index in [4.69, 9.17) is 0 Å². The minimum Gasteiger partial charge on any atom is -0.383 e. The van der Waals surface area contributed by atoms with Crippen LogP contribution < -0.4 is 5.32 Å². The van der Waals surface area contributed by atoms with Crippen LogP contribution in [0.5, 0.6) is 0 Å². The summed E-state index contributed by atoms with van der Waals surface area (Å²) in [6, 6.07) is 8.12. The van der Waals surface area contributed by atoms with Crippen LogP contribution in [0.25, 0.3) is 10.9 Å². The van der Waals surface area contributed by atoms with Crippen molar-refractivity contribution in [2.75, 3.05) is 23.9 Å². The Kier molecular flexibility index (Phi) is 5.95. The first-order chi connectivity index (χ1) is 9.42. The summed E-state index contributed by atoms with van der Waals surface area (Å²) in [6.45, 7) is 1.01. The second-order valence-electron chi connectivity index (χ2n) is 4.61. The topological polar surface area (TPSA) is 37.8 Å². The number of nitrogens with one attached hydrogen (secondary N) is 1. The van der Waals surface area contributed by atoms with Crippen molar-refractivity contribution in [1.29, 1.82) is 0 Å². The van der Waals surface area contributed by atoms with Gasteiger partial charge in [-0.1, -0.05) is 31.0 Å². The lowest BCUT2D eigenvalue weighted by Crippen LogP contribution is -2.03. The average molecular weight is 275 g/mol. The highest BCUT2D eigenvalue weighted by Crippen LogP contribution is 2.19. The number of nitrogens with zero attached hydrogens (tertiary/aromatic N) is 2. The summed E-state index contributed by atoms with van der Waals surface area (Å²) in [5, 5.41) is 12.8. The minimum absolute atomic E-state index is 0.951. The molecule has 2 aromatic rings. The standard InChI is InChI=1S/C15H21N3S/c1-19-11-7-3-2-6-10-16-15-12-17-18-14-9-5-4-8-13(14)15/h4-5,8-9,12H,2-3,6-7,10-11H2,1H3,(H,16,18). The van der Waals surface area contributed by atoms with Gasteiger partial charge < -0.3 is 5.32 Å². The molecule has 2 rings (SSSR count). The first kappa shape index (κ1) is 14.1. The van der Waals surface area contributed by atoms with Crippen molar-refractivity contribution in [3.8, 4) is 0 Å². The Morgan fingerprint density at radius 1 is 1.11 bits per heavy atom. The summed E-state index contributed by atoms with van der Waals surface area (Å²) in [7, 11) is 0. The monoisotopic (exact) mass is 275 g/mol. The van der Waals surface area contributed by atoms with Crippen LogP contribution in [0.3, 0.4) is 0 Å². The van der Waals surface area contributed by atoms with E-state index in [1.807, 2.05) is 36.2 Å². The lowest BCUT2D eigenvalue weighted by atomic mass is 10.2. The molecule has 0 aliphatic heterocycles. The van der Waals surface area contributed by atoms with Crippen LogP contribution in [0.15, 0.2) is 30.5 Å². The van der Waals surface area contributed by atoms with Gasteiger partial charge in [-0.05, 0) is 30.9 Å². The predicted octanol–water partition coefficient (Wildman–Crippen LogP) is 3.97. The summed E-state index contributed by atoms with van der Waals surface area (Å²) in [6.07, 6.45) is 9.16. The fraction of sp³-hybridized carbons (Fsp3) is 0.467. The zero-order chi connectivity index (χ0) is 13.3. The van der Waals surface area contributed by atoms with Crippen LogP contribution in [-0.4, -0.2) is 28.8 Å². The number of rotatable bonds is 8. The molecular formula is C15H21N3S. The van der Waals surface area contributed by atoms with E-state index in [0.717, 1.165) is 23.1 Å². The number of unbranched alkanes of at least 4 members (excludes halogenated alkanes) is 3. The fourth-order valence-electron chi connectivity index (χ4n) is 2.10. The van der Waals surface area contributed by atoms with E-state index < -0.39 is 0 Å². The van der Waals surface area contributed by atoms with E-state index in [2.05, 4.69) is 27.8 Å². The van der Waals surface area contributed by atoms with E-state index >= 15 is 0 Å². The van der Waals surface area contributed by atoms with Gasteiger partial charge in [0.05, 0.1) is 17.4 Å². The first-order valence-corrected chi connectivity index (χ1v) is 8.24. The Hall–Kier alpha value is -1.29. The zero-order valence-electron chi connectivity index (χ0n) is 11.4. The molecule has 102 valence electrons. The molecule has 0 amide bonds. The van der Waals surface area contributed by atoms with Gasteiger partial charge in [0, 0.05) is 11.9 Å². The number of hydrogen-bond acceptors (Lipinski definition) is 4. The van der Waals surface area contributed by atoms with Gasteiger partial charge in [-0.2, -0.15) is 22.0 Å². The molecule has 1 aromatic heterocycles. The maximum atomic E-state index is 4.13. The van der Waals surface area contributed by atoms with Crippen molar-refractivity contribution in [3.63, 3.8) is 0 Å². The Balaban J connectivity index is 1.78. The highest BCUT2D eigenvalue weighted by atomic mass is 32.2. The molecule has 0 bridgehead atoms. The van der Waals surface area contributed by atoms with Crippen LogP contribution in [-0.2, 0) is 0 Å². The quantitative estimate of drug-likeness (QED) is 0.740. The Bertz CT molecular complexity index is 496. The molecule has 0 saturated carbocycles. The molecule has 0 unspecified atom stereocenters. The maximum absolute atomic E-state index is 4.13. The third-order valence-electron chi connectivity index (χ3n) is 3.14. The average Bonchev–Trinajstić information content (AvgIpc) is 2.46. The predicted molar refractivity (Wildman–Crippen MR) is 84.9 cm³/mol. The third-order valence-corrected chi connectivity index (χ3v) is 3.83. The maximum Gasteiger partial charge on any atom is 0.0950 e. The second kappa shape index (κ2) is 8.00. The largest absolute Gasteiger partial charge is 0.383 e. The van der Waals surface area contributed by atoms with E-state index in [9.17, 15) is 0 Å². The van der Waals surface area contributed by atoms with Gasteiger partial charge in [0.15, 0.2) is 0 Å². The molecule has 0 saturated heterocycles. The molecule has 1 N–H and O–H groups in total. The molecule has 1 aromatic carbocycles. The SMILES string of the molecule is CSCCCCCCNc1cnnc2ccccc12. The van der Waals surface area contributed by atoms with E-state index in [0.29, 0.717) is 0 Å². The molecule has 1 heterocycles. The third kappa shape index (κ3) is 4.39. The highest BCUT2D eigenvalue weighted by molar-refractivity contribution is 7.98. The van der Waals surface area contributed by atoms with Crippen LogP contribution in [0, 0.1) is 0 Å². The van der Waals surface area contributed by atoms with Crippen molar-refractivity contribution in [2.24, 2.45) is 0 Å². The molecule has 0 aliphatic rings. The van der Waals surface area contributed by atoms with Crippen LogP contribution in [0.1, 0.15) is 25.7 Å².